The van der Waals surface area contributed by atoms with Crippen molar-refractivity contribution >= 4 is 15.2 Å². The van der Waals surface area contributed by atoms with Gasteiger partial charge in [0.05, 0.1) is 24.6 Å². The van der Waals surface area contributed by atoms with Gasteiger partial charge in [-0.1, -0.05) is 30.3 Å². The Morgan fingerprint density at radius 1 is 0.750 bits per heavy atom. The van der Waals surface area contributed by atoms with Crippen molar-refractivity contribution in [3.63, 3.8) is 0 Å². The third kappa shape index (κ3) is 4.05. The van der Waals surface area contributed by atoms with Crippen LogP contribution in [-0.4, -0.2) is 37.0 Å². The van der Waals surface area contributed by atoms with Gasteiger partial charge in [-0.3, -0.25) is 0 Å². The smallest absolute Gasteiger partial charge is 0.0842 e. The van der Waals surface area contributed by atoms with E-state index in [1.165, 1.54) is 6.16 Å². The molecule has 110 valence electrons. The maximum Gasteiger partial charge on any atom is 0.0842 e. The van der Waals surface area contributed by atoms with Gasteiger partial charge in [0.1, 0.15) is 0 Å². The third-order valence-electron chi connectivity index (χ3n) is 5.18. The predicted octanol–water partition coefficient (Wildman–Crippen LogP) is 5.66. The largest absolute Gasteiger partial charge is 0.107 e. The van der Waals surface area contributed by atoms with Crippen molar-refractivity contribution in [1.29, 1.82) is 0 Å². The molecular formula is C18H29P2+. The van der Waals surface area contributed by atoms with Gasteiger partial charge < -0.3 is 0 Å². The monoisotopic (exact) mass is 307 g/mol. The van der Waals surface area contributed by atoms with Crippen LogP contribution in [0.1, 0.15) is 37.7 Å². The second-order valence-electron chi connectivity index (χ2n) is 6.77. The van der Waals surface area contributed by atoms with Gasteiger partial charge in [0.2, 0.25) is 0 Å². The molecule has 0 saturated carbocycles. The molecule has 0 unspecified atom stereocenters. The Morgan fingerprint density at radius 3 is 2.05 bits per heavy atom. The molecule has 2 aliphatic rings. The topological polar surface area (TPSA) is 0 Å². The molecule has 2 saturated heterocycles. The first-order valence-electron chi connectivity index (χ1n) is 8.48. The van der Waals surface area contributed by atoms with Crippen molar-refractivity contribution in [3.05, 3.63) is 35.9 Å². The van der Waals surface area contributed by atoms with E-state index in [4.69, 9.17) is 0 Å². The molecule has 3 rings (SSSR count). The quantitative estimate of drug-likeness (QED) is 0.618. The van der Waals surface area contributed by atoms with Crippen LogP contribution in [0.3, 0.4) is 0 Å². The van der Waals surface area contributed by atoms with Crippen LogP contribution in [0.4, 0.5) is 0 Å². The Bertz CT molecular complexity index is 389. The van der Waals surface area contributed by atoms with Crippen molar-refractivity contribution in [1.82, 2.24) is 0 Å². The maximum absolute atomic E-state index is 2.38. The van der Waals surface area contributed by atoms with Gasteiger partial charge >= 0.3 is 0 Å². The van der Waals surface area contributed by atoms with Crippen molar-refractivity contribution < 1.29 is 0 Å². The van der Waals surface area contributed by atoms with Crippen LogP contribution in [0.2, 0.25) is 0 Å². The van der Waals surface area contributed by atoms with Crippen molar-refractivity contribution in [3.8, 4) is 0 Å². The van der Waals surface area contributed by atoms with Gasteiger partial charge in [-0.05, 0) is 56.2 Å². The van der Waals surface area contributed by atoms with E-state index in [9.17, 15) is 0 Å². The second-order valence-corrected chi connectivity index (χ2v) is 13.8. The van der Waals surface area contributed by atoms with Crippen LogP contribution in [0, 0.1) is 0 Å². The van der Waals surface area contributed by atoms with Crippen LogP contribution in [0.15, 0.2) is 30.3 Å². The molecule has 0 aromatic heterocycles. The predicted molar refractivity (Wildman–Crippen MR) is 96.3 cm³/mol. The normalized spacial score (nSPS) is 31.7. The summed E-state index contributed by atoms with van der Waals surface area (Å²) in [4.78, 5) is 0. The number of fused-ring (bicyclic) bond motifs is 4. The molecule has 1 aromatic rings. The van der Waals surface area contributed by atoms with Crippen molar-refractivity contribution in [2.24, 2.45) is 0 Å². The minimum Gasteiger partial charge on any atom is -0.107 e. The number of hydrogen-bond donors (Lipinski definition) is 0. The highest BCUT2D eigenvalue weighted by Gasteiger charge is 2.37. The van der Waals surface area contributed by atoms with Gasteiger partial charge in [-0.2, -0.15) is 0 Å². The fourth-order valence-corrected chi connectivity index (χ4v) is 11.7. The van der Waals surface area contributed by atoms with Crippen LogP contribution in [-0.2, 0) is 6.16 Å². The molecule has 1 aromatic carbocycles. The van der Waals surface area contributed by atoms with E-state index in [-0.39, 0.29) is 0 Å². The minimum atomic E-state index is -0.691. The molecular weight excluding hydrogens is 278 g/mol. The Kier molecular flexibility index (Phi) is 5.53. The summed E-state index contributed by atoms with van der Waals surface area (Å²) in [6, 6.07) is 11.4. The molecule has 0 N–H and O–H groups in total. The van der Waals surface area contributed by atoms with Crippen LogP contribution in [0.5, 0.6) is 0 Å². The third-order valence-corrected chi connectivity index (χ3v) is 12.9. The Labute approximate surface area is 126 Å². The first-order chi connectivity index (χ1) is 9.86. The molecule has 0 aliphatic carbocycles. The Balaban J connectivity index is 1.78. The van der Waals surface area contributed by atoms with E-state index in [0.29, 0.717) is 7.92 Å². The molecule has 2 fully saturated rings. The first kappa shape index (κ1) is 15.0. The van der Waals surface area contributed by atoms with Gasteiger partial charge in [0.15, 0.2) is 0 Å². The summed E-state index contributed by atoms with van der Waals surface area (Å²) in [6.45, 7) is 0. The van der Waals surface area contributed by atoms with E-state index < -0.39 is 7.26 Å². The number of hydrogen-bond acceptors (Lipinski definition) is 0. The van der Waals surface area contributed by atoms with Crippen molar-refractivity contribution in [2.75, 3.05) is 37.0 Å². The Hall–Kier alpha value is 0.0800. The highest BCUT2D eigenvalue weighted by atomic mass is 31.2. The summed E-state index contributed by atoms with van der Waals surface area (Å²) < 4.78 is 0. The van der Waals surface area contributed by atoms with Crippen molar-refractivity contribution in [2.45, 2.75) is 38.3 Å². The van der Waals surface area contributed by atoms with Crippen LogP contribution in [0.25, 0.3) is 0 Å². The molecule has 0 radical (unpaired) electrons. The van der Waals surface area contributed by atoms with E-state index in [2.05, 4.69) is 30.3 Å². The number of benzene rings is 1. The van der Waals surface area contributed by atoms with Gasteiger partial charge in [-0.25, -0.2) is 0 Å². The average molecular weight is 307 g/mol. The highest BCUT2D eigenvalue weighted by molar-refractivity contribution is 7.75. The summed E-state index contributed by atoms with van der Waals surface area (Å²) in [5.74, 6) is 0. The van der Waals surface area contributed by atoms with Gasteiger partial charge in [-0.15, -0.1) is 7.92 Å². The first-order valence-corrected chi connectivity index (χ1v) is 12.9. The fraction of sp³-hybridized carbons (Fsp3) is 0.667. The highest BCUT2D eigenvalue weighted by Crippen LogP contribution is 2.65. The minimum absolute atomic E-state index is 0.424. The second kappa shape index (κ2) is 7.38. The van der Waals surface area contributed by atoms with Gasteiger partial charge in [0, 0.05) is 7.26 Å². The lowest BCUT2D eigenvalue weighted by Gasteiger charge is -2.27. The maximum atomic E-state index is 2.38. The number of rotatable bonds is 2. The zero-order valence-electron chi connectivity index (χ0n) is 12.8. The standard InChI is InChI=1S/C18H29P2/c1-2-9-18(10-3-1)17-20-14-6-4-11-19(13-8-16-20)12-5-7-15-20/h1-3,9-10H,4-8,11-17H2/q+1. The summed E-state index contributed by atoms with van der Waals surface area (Å²) in [6.07, 6.45) is 18.8. The van der Waals surface area contributed by atoms with E-state index in [1.54, 1.807) is 74.6 Å². The lowest BCUT2D eigenvalue weighted by atomic mass is 10.2. The molecule has 2 bridgehead atoms. The summed E-state index contributed by atoms with van der Waals surface area (Å²) in [5.41, 5.74) is 1.63. The summed E-state index contributed by atoms with van der Waals surface area (Å²) >= 11 is 0. The van der Waals surface area contributed by atoms with E-state index in [0.717, 1.165) is 0 Å². The summed E-state index contributed by atoms with van der Waals surface area (Å²) in [5, 5.41) is 0. The van der Waals surface area contributed by atoms with E-state index >= 15 is 0 Å². The molecule has 0 spiro atoms. The molecule has 2 aliphatic heterocycles. The lowest BCUT2D eigenvalue weighted by molar-refractivity contribution is 0.844. The van der Waals surface area contributed by atoms with Gasteiger partial charge in [0.25, 0.3) is 0 Å². The molecule has 0 amide bonds. The summed E-state index contributed by atoms with van der Waals surface area (Å²) in [7, 11) is -0.266. The SMILES string of the molecule is c1ccc(C[P+]23CCCCP(CCCC2)CCC3)cc1. The molecule has 0 nitrogen and oxygen atoms in total. The molecule has 2 heteroatoms. The van der Waals surface area contributed by atoms with Crippen LogP contribution >= 0.6 is 15.2 Å². The fourth-order valence-electron chi connectivity index (χ4n) is 4.07. The molecule has 0 atom stereocenters. The lowest BCUT2D eigenvalue weighted by Crippen LogP contribution is -2.11. The van der Waals surface area contributed by atoms with Crippen LogP contribution < -0.4 is 0 Å². The zero-order valence-corrected chi connectivity index (χ0v) is 14.6. The Morgan fingerprint density at radius 2 is 1.35 bits per heavy atom. The molecule has 20 heavy (non-hydrogen) atoms. The average Bonchev–Trinajstić information content (AvgIpc) is 2.63. The zero-order chi connectivity index (χ0) is 13.7. The molecule has 2 heterocycles. The van der Waals surface area contributed by atoms with E-state index in [1.807, 2.05) is 0 Å².